The molecule has 2 atom stereocenters. The van der Waals surface area contributed by atoms with Gasteiger partial charge in [-0.15, -0.1) is 0 Å². The normalized spacial score (nSPS) is 28.9. The van der Waals surface area contributed by atoms with Gasteiger partial charge in [0.05, 0.1) is 12.3 Å². The second-order valence-electron chi connectivity index (χ2n) is 9.07. The Kier molecular flexibility index (Phi) is 5.05. The average Bonchev–Trinajstić information content (AvgIpc) is 3.44. The van der Waals surface area contributed by atoms with Gasteiger partial charge in [0.25, 0.3) is 0 Å². The zero-order chi connectivity index (χ0) is 19.8. The lowest BCUT2D eigenvalue weighted by molar-refractivity contribution is 0.0987. The van der Waals surface area contributed by atoms with Crippen LogP contribution in [0.4, 0.5) is 10.1 Å². The number of aliphatic hydroxyl groups excluding tert-OH is 1. The minimum absolute atomic E-state index is 0.0112. The largest absolute Gasteiger partial charge is 0.396 e. The number of aromatic nitrogens is 2. The molecule has 0 bridgehead atoms. The Morgan fingerprint density at radius 2 is 1.97 bits per heavy atom. The van der Waals surface area contributed by atoms with Crippen LogP contribution in [0, 0.1) is 17.2 Å². The van der Waals surface area contributed by atoms with E-state index in [1.54, 1.807) is 18.3 Å². The molecule has 1 aromatic carbocycles. The first-order valence-electron chi connectivity index (χ1n) is 10.7. The molecular formula is C22H30FN5O. The van der Waals surface area contributed by atoms with Crippen LogP contribution in [-0.2, 0) is 6.54 Å². The van der Waals surface area contributed by atoms with Crippen LogP contribution in [0.3, 0.4) is 0 Å². The summed E-state index contributed by atoms with van der Waals surface area (Å²) >= 11 is 0. The molecule has 2 N–H and O–H groups in total. The van der Waals surface area contributed by atoms with Crippen LogP contribution < -0.4 is 4.90 Å². The van der Waals surface area contributed by atoms with E-state index in [0.717, 1.165) is 70.0 Å². The number of piperidine rings is 1. The molecule has 4 heterocycles. The number of aromatic amines is 1. The second kappa shape index (κ2) is 7.70. The van der Waals surface area contributed by atoms with Gasteiger partial charge in [0.2, 0.25) is 0 Å². The lowest BCUT2D eigenvalue weighted by atomic mass is 9.82. The van der Waals surface area contributed by atoms with Crippen molar-refractivity contribution in [3.63, 3.8) is 0 Å². The summed E-state index contributed by atoms with van der Waals surface area (Å²) in [7, 11) is 0. The fraction of sp³-hybridized carbons (Fsp3) is 0.591. The third kappa shape index (κ3) is 3.56. The highest BCUT2D eigenvalue weighted by Crippen LogP contribution is 2.44. The molecular weight excluding hydrogens is 369 g/mol. The maximum atomic E-state index is 14.1. The Hall–Kier alpha value is -1.96. The molecule has 0 saturated carbocycles. The van der Waals surface area contributed by atoms with Crippen LogP contribution in [0.1, 0.15) is 18.5 Å². The molecule has 0 spiro atoms. The van der Waals surface area contributed by atoms with Crippen LogP contribution in [0.15, 0.2) is 36.5 Å². The van der Waals surface area contributed by atoms with Crippen molar-refractivity contribution in [2.75, 3.05) is 50.8 Å². The molecule has 0 aliphatic carbocycles. The van der Waals surface area contributed by atoms with Crippen molar-refractivity contribution in [2.45, 2.75) is 25.4 Å². The summed E-state index contributed by atoms with van der Waals surface area (Å²) < 4.78 is 14.1. The predicted molar refractivity (Wildman–Crippen MR) is 110 cm³/mol. The molecule has 5 rings (SSSR count). The SMILES string of the molecule is OCC12CN(Cc3ccn[nH]3)CC1CN(C1CCN(c3ccccc3F)CC1)C2. The molecule has 2 unspecified atom stereocenters. The van der Waals surface area contributed by atoms with Crippen molar-refractivity contribution in [3.8, 4) is 0 Å². The fourth-order valence-electron chi connectivity index (χ4n) is 5.75. The number of anilines is 1. The van der Waals surface area contributed by atoms with E-state index in [1.165, 1.54) is 0 Å². The summed E-state index contributed by atoms with van der Waals surface area (Å²) in [6.07, 6.45) is 3.91. The first kappa shape index (κ1) is 19.0. The number of hydrogen-bond acceptors (Lipinski definition) is 5. The summed E-state index contributed by atoms with van der Waals surface area (Å²) in [6, 6.07) is 9.64. The molecule has 6 nitrogen and oxygen atoms in total. The molecule has 0 radical (unpaired) electrons. The number of halogens is 1. The van der Waals surface area contributed by atoms with E-state index in [-0.39, 0.29) is 17.8 Å². The second-order valence-corrected chi connectivity index (χ2v) is 9.07. The lowest BCUT2D eigenvalue weighted by Gasteiger charge is -2.39. The third-order valence-electron chi connectivity index (χ3n) is 7.30. The highest BCUT2D eigenvalue weighted by atomic mass is 19.1. The Bertz CT molecular complexity index is 822. The molecule has 156 valence electrons. The van der Waals surface area contributed by atoms with E-state index in [4.69, 9.17) is 0 Å². The number of para-hydroxylation sites is 1. The Morgan fingerprint density at radius 3 is 2.66 bits per heavy atom. The van der Waals surface area contributed by atoms with Gasteiger partial charge < -0.3 is 10.0 Å². The fourth-order valence-corrected chi connectivity index (χ4v) is 5.75. The number of fused-ring (bicyclic) bond motifs is 1. The van der Waals surface area contributed by atoms with Gasteiger partial charge >= 0.3 is 0 Å². The van der Waals surface area contributed by atoms with Gasteiger partial charge in [0, 0.05) is 69.2 Å². The van der Waals surface area contributed by atoms with Gasteiger partial charge in [-0.05, 0) is 37.0 Å². The monoisotopic (exact) mass is 399 g/mol. The number of hydrogen-bond donors (Lipinski definition) is 2. The van der Waals surface area contributed by atoms with E-state index >= 15 is 0 Å². The quantitative estimate of drug-likeness (QED) is 0.805. The van der Waals surface area contributed by atoms with Crippen LogP contribution in [0.5, 0.6) is 0 Å². The van der Waals surface area contributed by atoms with Crippen LogP contribution in [0.2, 0.25) is 0 Å². The Balaban J connectivity index is 1.19. The molecule has 3 aliphatic heterocycles. The van der Waals surface area contributed by atoms with Crippen molar-refractivity contribution < 1.29 is 9.50 Å². The predicted octanol–water partition coefficient (Wildman–Crippen LogP) is 1.94. The summed E-state index contributed by atoms with van der Waals surface area (Å²) in [5, 5.41) is 17.4. The molecule has 3 aliphatic rings. The maximum absolute atomic E-state index is 14.1. The third-order valence-corrected chi connectivity index (χ3v) is 7.30. The first-order valence-corrected chi connectivity index (χ1v) is 10.7. The number of rotatable bonds is 5. The number of H-pyrrole nitrogens is 1. The average molecular weight is 400 g/mol. The van der Waals surface area contributed by atoms with E-state index in [0.29, 0.717) is 12.0 Å². The Morgan fingerprint density at radius 1 is 1.14 bits per heavy atom. The highest BCUT2D eigenvalue weighted by Gasteiger charge is 2.53. The van der Waals surface area contributed by atoms with Crippen molar-refractivity contribution >= 4 is 5.69 Å². The van der Waals surface area contributed by atoms with E-state index in [2.05, 4.69) is 24.9 Å². The van der Waals surface area contributed by atoms with E-state index in [1.807, 2.05) is 18.2 Å². The van der Waals surface area contributed by atoms with E-state index < -0.39 is 0 Å². The zero-order valence-electron chi connectivity index (χ0n) is 16.8. The topological polar surface area (TPSA) is 58.6 Å². The van der Waals surface area contributed by atoms with Gasteiger partial charge in [0.1, 0.15) is 5.82 Å². The van der Waals surface area contributed by atoms with Crippen LogP contribution >= 0.6 is 0 Å². The number of nitrogens with one attached hydrogen (secondary N) is 1. The molecule has 2 aromatic rings. The highest BCUT2D eigenvalue weighted by molar-refractivity contribution is 5.47. The van der Waals surface area contributed by atoms with Gasteiger partial charge in [-0.25, -0.2) is 4.39 Å². The summed E-state index contributed by atoms with van der Waals surface area (Å²) in [4.78, 5) is 7.23. The van der Waals surface area contributed by atoms with Crippen molar-refractivity contribution in [3.05, 3.63) is 48.0 Å². The number of likely N-dealkylation sites (tertiary alicyclic amines) is 2. The minimum Gasteiger partial charge on any atom is -0.396 e. The van der Waals surface area contributed by atoms with Gasteiger partial charge in [-0.3, -0.25) is 14.9 Å². The molecule has 3 saturated heterocycles. The minimum atomic E-state index is -0.127. The molecule has 3 fully saturated rings. The maximum Gasteiger partial charge on any atom is 0.146 e. The van der Waals surface area contributed by atoms with Crippen molar-refractivity contribution in [1.82, 2.24) is 20.0 Å². The van der Waals surface area contributed by atoms with Crippen LogP contribution in [0.25, 0.3) is 0 Å². The van der Waals surface area contributed by atoms with Gasteiger partial charge in [-0.1, -0.05) is 12.1 Å². The lowest BCUT2D eigenvalue weighted by Crippen LogP contribution is -2.46. The number of aliphatic hydroxyl groups is 1. The van der Waals surface area contributed by atoms with Crippen molar-refractivity contribution in [2.24, 2.45) is 11.3 Å². The standard InChI is InChI=1S/C22H30FN5O/c23-20-3-1-2-4-21(20)27-9-6-19(7-10-27)28-12-17-11-26(13-18-5-8-24-25-18)14-22(17,15-28)16-29/h1-5,8,17,19,29H,6-7,9-16H2,(H,24,25). The van der Waals surface area contributed by atoms with Crippen LogP contribution in [-0.4, -0.2) is 77.0 Å². The summed E-state index contributed by atoms with van der Waals surface area (Å²) in [5.41, 5.74) is 1.85. The zero-order valence-corrected chi connectivity index (χ0v) is 16.8. The molecule has 7 heteroatoms. The molecule has 1 aromatic heterocycles. The van der Waals surface area contributed by atoms with Crippen molar-refractivity contribution in [1.29, 1.82) is 0 Å². The summed E-state index contributed by atoms with van der Waals surface area (Å²) in [5.74, 6) is 0.387. The molecule has 29 heavy (non-hydrogen) atoms. The molecule has 0 amide bonds. The summed E-state index contributed by atoms with van der Waals surface area (Å²) in [6.45, 7) is 6.92. The van der Waals surface area contributed by atoms with E-state index in [9.17, 15) is 9.50 Å². The number of nitrogens with zero attached hydrogens (tertiary/aromatic N) is 4. The Labute approximate surface area is 171 Å². The smallest absolute Gasteiger partial charge is 0.146 e. The van der Waals surface area contributed by atoms with Gasteiger partial charge in [0.15, 0.2) is 0 Å². The number of benzene rings is 1. The van der Waals surface area contributed by atoms with Gasteiger partial charge in [-0.2, -0.15) is 5.10 Å². The first-order chi connectivity index (χ1) is 14.2.